The van der Waals surface area contributed by atoms with E-state index in [0.29, 0.717) is 6.54 Å². The van der Waals surface area contributed by atoms with Crippen LogP contribution in [0.2, 0.25) is 0 Å². The summed E-state index contributed by atoms with van der Waals surface area (Å²) in [7, 11) is 1.88. The molecule has 18 heavy (non-hydrogen) atoms. The van der Waals surface area contributed by atoms with Crippen molar-refractivity contribution in [2.75, 3.05) is 13.6 Å². The molecule has 0 bridgehead atoms. The zero-order valence-corrected chi connectivity index (χ0v) is 10.3. The van der Waals surface area contributed by atoms with E-state index in [4.69, 9.17) is 4.74 Å². The molecule has 0 spiro atoms. The highest BCUT2D eigenvalue weighted by atomic mass is 16.5. The first-order chi connectivity index (χ1) is 8.88. The predicted molar refractivity (Wildman–Crippen MR) is 73.8 cm³/mol. The number of ether oxygens (including phenoxy) is 1. The summed E-state index contributed by atoms with van der Waals surface area (Å²) in [6.45, 7) is 0.697. The highest BCUT2D eigenvalue weighted by Crippen LogP contribution is 2.20. The molecular weight excluding hydrogens is 222 g/mol. The molecule has 0 unspecified atom stereocenters. The van der Waals surface area contributed by atoms with Crippen molar-refractivity contribution in [3.63, 3.8) is 0 Å². The minimum absolute atomic E-state index is 0.697. The molecule has 0 aliphatic heterocycles. The van der Waals surface area contributed by atoms with Crippen LogP contribution in [0, 0.1) is 11.8 Å². The molecule has 0 radical (unpaired) electrons. The van der Waals surface area contributed by atoms with Gasteiger partial charge in [0.15, 0.2) is 0 Å². The molecule has 0 aliphatic rings. The monoisotopic (exact) mass is 237 g/mol. The Hall–Kier alpha value is -2.24. The summed E-state index contributed by atoms with van der Waals surface area (Å²) in [6.07, 6.45) is 0. The normalized spacial score (nSPS) is 9.39. The summed E-state index contributed by atoms with van der Waals surface area (Å²) in [5, 5.41) is 2.98. The maximum atomic E-state index is 5.70. The van der Waals surface area contributed by atoms with Crippen molar-refractivity contribution in [3.05, 3.63) is 60.2 Å². The summed E-state index contributed by atoms with van der Waals surface area (Å²) in [6, 6.07) is 17.5. The number of nitrogens with one attached hydrogen (secondary N) is 1. The Morgan fingerprint density at radius 1 is 0.944 bits per heavy atom. The van der Waals surface area contributed by atoms with Gasteiger partial charge in [-0.3, -0.25) is 0 Å². The van der Waals surface area contributed by atoms with Crippen LogP contribution in [0.3, 0.4) is 0 Å². The average Bonchev–Trinajstić information content (AvgIpc) is 2.42. The Kier molecular flexibility index (Phi) is 4.40. The Bertz CT molecular complexity index is 535. The molecule has 2 aromatic rings. The quantitative estimate of drug-likeness (QED) is 0.828. The lowest BCUT2D eigenvalue weighted by Gasteiger charge is -2.04. The zero-order valence-electron chi connectivity index (χ0n) is 10.3. The second-order valence-electron chi connectivity index (χ2n) is 3.77. The van der Waals surface area contributed by atoms with Crippen LogP contribution in [0.25, 0.3) is 0 Å². The van der Waals surface area contributed by atoms with E-state index in [0.717, 1.165) is 17.1 Å². The second kappa shape index (κ2) is 6.48. The topological polar surface area (TPSA) is 21.3 Å². The van der Waals surface area contributed by atoms with Crippen molar-refractivity contribution in [2.24, 2.45) is 0 Å². The fourth-order valence-electron chi connectivity index (χ4n) is 1.47. The van der Waals surface area contributed by atoms with E-state index >= 15 is 0 Å². The highest BCUT2D eigenvalue weighted by Gasteiger charge is 1.95. The first-order valence-electron chi connectivity index (χ1n) is 5.85. The standard InChI is InChI=1S/C16H15NO/c1-17-13-5-6-14-9-11-16(12-10-14)18-15-7-3-2-4-8-15/h2-4,7-12,17H,13H2,1H3. The van der Waals surface area contributed by atoms with E-state index in [-0.39, 0.29) is 0 Å². The molecule has 0 saturated heterocycles. The Labute approximate surface area is 108 Å². The van der Waals surface area contributed by atoms with Crippen LogP contribution in [0.1, 0.15) is 5.56 Å². The molecule has 2 heteroatoms. The first kappa shape index (κ1) is 12.2. The van der Waals surface area contributed by atoms with Crippen molar-refractivity contribution in [1.82, 2.24) is 5.32 Å². The lowest BCUT2D eigenvalue weighted by molar-refractivity contribution is 0.482. The van der Waals surface area contributed by atoms with Gasteiger partial charge in [0.2, 0.25) is 0 Å². The Balaban J connectivity index is 2.02. The van der Waals surface area contributed by atoms with Gasteiger partial charge in [-0.15, -0.1) is 0 Å². The lowest BCUT2D eigenvalue weighted by atomic mass is 10.2. The molecular formula is C16H15NO. The van der Waals surface area contributed by atoms with Crippen LogP contribution in [-0.4, -0.2) is 13.6 Å². The molecule has 0 aliphatic carbocycles. The highest BCUT2D eigenvalue weighted by molar-refractivity contribution is 5.40. The molecule has 2 aromatic carbocycles. The van der Waals surface area contributed by atoms with Gasteiger partial charge in [-0.2, -0.15) is 0 Å². The summed E-state index contributed by atoms with van der Waals surface area (Å²) in [4.78, 5) is 0. The van der Waals surface area contributed by atoms with Crippen molar-refractivity contribution >= 4 is 0 Å². The molecule has 0 fully saturated rings. The molecule has 0 aromatic heterocycles. The Morgan fingerprint density at radius 2 is 1.61 bits per heavy atom. The molecule has 2 nitrogen and oxygen atoms in total. The van der Waals surface area contributed by atoms with Gasteiger partial charge in [-0.05, 0) is 43.4 Å². The van der Waals surface area contributed by atoms with Crippen LogP contribution in [0.5, 0.6) is 11.5 Å². The maximum absolute atomic E-state index is 5.70. The summed E-state index contributed by atoms with van der Waals surface area (Å²) in [5.74, 6) is 7.75. The van der Waals surface area contributed by atoms with Crippen LogP contribution in [-0.2, 0) is 0 Å². The number of hydrogen-bond acceptors (Lipinski definition) is 2. The van der Waals surface area contributed by atoms with Crippen molar-refractivity contribution in [3.8, 4) is 23.3 Å². The molecule has 0 heterocycles. The Morgan fingerprint density at radius 3 is 2.28 bits per heavy atom. The minimum Gasteiger partial charge on any atom is -0.457 e. The van der Waals surface area contributed by atoms with Gasteiger partial charge >= 0.3 is 0 Å². The van der Waals surface area contributed by atoms with Crippen molar-refractivity contribution < 1.29 is 4.74 Å². The van der Waals surface area contributed by atoms with E-state index in [9.17, 15) is 0 Å². The maximum Gasteiger partial charge on any atom is 0.127 e. The minimum atomic E-state index is 0.697. The number of benzene rings is 2. The second-order valence-corrected chi connectivity index (χ2v) is 3.77. The average molecular weight is 237 g/mol. The van der Waals surface area contributed by atoms with Crippen molar-refractivity contribution in [2.45, 2.75) is 0 Å². The molecule has 0 amide bonds. The lowest BCUT2D eigenvalue weighted by Crippen LogP contribution is -2.04. The summed E-state index contributed by atoms with van der Waals surface area (Å²) < 4.78 is 5.70. The zero-order chi connectivity index (χ0) is 12.6. The van der Waals surface area contributed by atoms with E-state index in [2.05, 4.69) is 17.2 Å². The van der Waals surface area contributed by atoms with Gasteiger partial charge < -0.3 is 10.1 Å². The first-order valence-corrected chi connectivity index (χ1v) is 5.85. The van der Waals surface area contributed by atoms with E-state index < -0.39 is 0 Å². The number of para-hydroxylation sites is 1. The van der Waals surface area contributed by atoms with E-state index in [1.54, 1.807) is 0 Å². The van der Waals surface area contributed by atoms with Gasteiger partial charge in [-0.1, -0.05) is 30.0 Å². The smallest absolute Gasteiger partial charge is 0.127 e. The summed E-state index contributed by atoms with van der Waals surface area (Å²) >= 11 is 0. The third-order valence-electron chi connectivity index (χ3n) is 2.33. The van der Waals surface area contributed by atoms with Crippen molar-refractivity contribution in [1.29, 1.82) is 0 Å². The van der Waals surface area contributed by atoms with Gasteiger partial charge in [0, 0.05) is 5.56 Å². The van der Waals surface area contributed by atoms with E-state index in [1.165, 1.54) is 0 Å². The number of hydrogen-bond donors (Lipinski definition) is 1. The SMILES string of the molecule is CNCC#Cc1ccc(Oc2ccccc2)cc1. The van der Waals surface area contributed by atoms with Crippen LogP contribution in [0.15, 0.2) is 54.6 Å². The van der Waals surface area contributed by atoms with E-state index in [1.807, 2.05) is 61.6 Å². The molecule has 0 atom stereocenters. The van der Waals surface area contributed by atoms with Crippen LogP contribution >= 0.6 is 0 Å². The van der Waals surface area contributed by atoms with Gasteiger partial charge in [0.05, 0.1) is 6.54 Å². The predicted octanol–water partition coefficient (Wildman–Crippen LogP) is 3.05. The third kappa shape index (κ3) is 3.65. The van der Waals surface area contributed by atoms with Crippen LogP contribution < -0.4 is 10.1 Å². The van der Waals surface area contributed by atoms with Gasteiger partial charge in [0.1, 0.15) is 11.5 Å². The fourth-order valence-corrected chi connectivity index (χ4v) is 1.47. The third-order valence-corrected chi connectivity index (χ3v) is 2.33. The molecule has 0 saturated carbocycles. The summed E-state index contributed by atoms with van der Waals surface area (Å²) in [5.41, 5.74) is 0.991. The van der Waals surface area contributed by atoms with Crippen LogP contribution in [0.4, 0.5) is 0 Å². The molecule has 90 valence electrons. The van der Waals surface area contributed by atoms with Gasteiger partial charge in [-0.25, -0.2) is 0 Å². The van der Waals surface area contributed by atoms with Gasteiger partial charge in [0.25, 0.3) is 0 Å². The molecule has 1 N–H and O–H groups in total. The largest absolute Gasteiger partial charge is 0.457 e. The fraction of sp³-hybridized carbons (Fsp3) is 0.125. The number of rotatable bonds is 3. The molecule has 2 rings (SSSR count).